The van der Waals surface area contributed by atoms with Crippen LogP contribution in [-0.4, -0.2) is 16.0 Å². The summed E-state index contributed by atoms with van der Waals surface area (Å²) < 4.78 is 0. The fourth-order valence-electron chi connectivity index (χ4n) is 0. The van der Waals surface area contributed by atoms with E-state index >= 15 is 0 Å². The summed E-state index contributed by atoms with van der Waals surface area (Å²) in [6.45, 7) is 4.31. The van der Waals surface area contributed by atoms with Gasteiger partial charge in [0, 0.05) is 9.76 Å². The second-order valence-electron chi connectivity index (χ2n) is 1.47. The van der Waals surface area contributed by atoms with Crippen LogP contribution in [0.2, 0.25) is 13.1 Å². The molecule has 0 aliphatic carbocycles. The third kappa shape index (κ3) is 50.0. The van der Waals surface area contributed by atoms with Crippen molar-refractivity contribution in [3.8, 4) is 0 Å². The van der Waals surface area contributed by atoms with Gasteiger partial charge in [0.2, 0.25) is 0 Å². The van der Waals surface area contributed by atoms with Gasteiger partial charge in [-0.1, -0.05) is 13.1 Å². The first-order chi connectivity index (χ1) is 2.00. The van der Waals surface area contributed by atoms with Crippen molar-refractivity contribution in [3.05, 3.63) is 0 Å². The summed E-state index contributed by atoms with van der Waals surface area (Å²) in [5.74, 6) is 0. The van der Waals surface area contributed by atoms with E-state index in [0.29, 0.717) is 0 Å². The van der Waals surface area contributed by atoms with Crippen molar-refractivity contribution in [1.29, 1.82) is 0 Å². The normalized spacial score (nSPS) is 12.0. The molecular weight excluding hydrogens is 160 g/mol. The lowest BCUT2D eigenvalue weighted by molar-refractivity contribution is 2.08. The summed E-state index contributed by atoms with van der Waals surface area (Å²) in [6, 6.07) is 0. The van der Waals surface area contributed by atoms with Gasteiger partial charge in [-0.25, -0.2) is 0 Å². The first-order valence-electron chi connectivity index (χ1n) is 1.44. The lowest BCUT2D eigenvalue weighted by Crippen LogP contribution is -2.14. The summed E-state index contributed by atoms with van der Waals surface area (Å²) in [5, 5.41) is 0. The Morgan fingerprint density at radius 1 is 1.60 bits per heavy atom. The van der Waals surface area contributed by atoms with Crippen molar-refractivity contribution in [1.82, 2.24) is 0 Å². The van der Waals surface area contributed by atoms with Crippen LogP contribution in [0.15, 0.2) is 0 Å². The average Bonchev–Trinajstić information content (AvgIpc) is 0.722. The maximum atomic E-state index is 3.47. The van der Waals surface area contributed by atoms with Gasteiger partial charge in [-0.15, -0.1) is 15.3 Å². The molecule has 0 aliphatic rings. The molecule has 0 heterocycles. The molecule has 3 radical (unpaired) electrons. The summed E-state index contributed by atoms with van der Waals surface area (Å²) in [5.41, 5.74) is 0. The molecule has 0 aromatic carbocycles. The van der Waals surface area contributed by atoms with Gasteiger partial charge in [0.1, 0.15) is 6.21 Å². The van der Waals surface area contributed by atoms with E-state index in [1.807, 2.05) is 0 Å². The molecule has 0 unspecified atom stereocenters. The van der Waals surface area contributed by atoms with Crippen LogP contribution < -0.4 is 0 Å². The minimum absolute atomic E-state index is 0.993. The molecule has 0 bridgehead atoms. The highest BCUT2D eigenvalue weighted by Crippen LogP contribution is 2.01. The van der Waals surface area contributed by atoms with Crippen molar-refractivity contribution in [2.45, 2.75) is 13.1 Å². The van der Waals surface area contributed by atoms with Crippen LogP contribution in [0.3, 0.4) is 0 Å². The summed E-state index contributed by atoms with van der Waals surface area (Å²) in [4.78, 5) is 0. The smallest absolute Gasteiger partial charge is 0.107 e. The van der Waals surface area contributed by atoms with Crippen LogP contribution in [0.4, 0.5) is 0 Å². The Morgan fingerprint density at radius 2 is 1.60 bits per heavy atom. The molecule has 0 aromatic rings. The molecule has 0 aromatic heterocycles. The van der Waals surface area contributed by atoms with Crippen LogP contribution in [0, 0.1) is 0 Å². The zero-order valence-corrected chi connectivity index (χ0v) is 6.96. The average molecular weight is 166 g/mol. The number of rotatable bonds is 0. The van der Waals surface area contributed by atoms with E-state index in [4.69, 9.17) is 0 Å². The van der Waals surface area contributed by atoms with Gasteiger partial charge < -0.3 is 0 Å². The van der Waals surface area contributed by atoms with E-state index in [0.717, 1.165) is 0 Å². The molecule has 0 saturated heterocycles. The van der Waals surface area contributed by atoms with Gasteiger partial charge in [-0.2, -0.15) is 0 Å². The van der Waals surface area contributed by atoms with Gasteiger partial charge in [0.05, 0.1) is 0 Å². The first-order valence-corrected chi connectivity index (χ1v) is 8.20. The second kappa shape index (κ2) is 1.57. The van der Waals surface area contributed by atoms with Crippen LogP contribution in [0.5, 0.6) is 0 Å². The maximum absolute atomic E-state index is 3.47. The first kappa shape index (κ1) is 5.91. The zero-order valence-electron chi connectivity index (χ0n) is 3.38. The third-order valence-electron chi connectivity index (χ3n) is 0. The fraction of sp³-hybridized carbons (Fsp3) is 1.00. The molecule has 29 valence electrons. The predicted octanol–water partition coefficient (Wildman–Crippen LogP) is 1.25. The quantitative estimate of drug-likeness (QED) is 0.375. The molecule has 0 atom stereocenters. The van der Waals surface area contributed by atoms with E-state index in [2.05, 4.69) is 38.1 Å². The molecular formula is C2H6BrSi2. The van der Waals surface area contributed by atoms with Gasteiger partial charge in [0.25, 0.3) is 0 Å². The molecule has 0 N–H and O–H groups in total. The zero-order chi connectivity index (χ0) is 4.50. The van der Waals surface area contributed by atoms with E-state index in [9.17, 15) is 0 Å². The van der Waals surface area contributed by atoms with Crippen molar-refractivity contribution in [2.24, 2.45) is 0 Å². The van der Waals surface area contributed by atoms with Crippen LogP contribution in [0.1, 0.15) is 0 Å². The highest BCUT2D eigenvalue weighted by atomic mass is 79.9. The van der Waals surface area contributed by atoms with Gasteiger partial charge in [0.15, 0.2) is 0 Å². The van der Waals surface area contributed by atoms with Crippen molar-refractivity contribution >= 4 is 31.3 Å². The molecule has 0 rings (SSSR count). The second-order valence-corrected chi connectivity index (χ2v) is 16.3. The molecule has 3 heteroatoms. The van der Waals surface area contributed by atoms with Gasteiger partial charge in [-0.3, -0.25) is 0 Å². The Balaban J connectivity index is 3.02. The van der Waals surface area contributed by atoms with Crippen molar-refractivity contribution in [2.75, 3.05) is 0 Å². The summed E-state index contributed by atoms with van der Waals surface area (Å²) >= 11 is 3.43. The third-order valence-corrected chi connectivity index (χ3v) is 0. The Hall–Kier alpha value is 0.914. The Bertz CT molecular complexity index is 23.1. The van der Waals surface area contributed by atoms with E-state index in [-0.39, 0.29) is 0 Å². The minimum Gasteiger partial charge on any atom is -0.131 e. The lowest BCUT2D eigenvalue weighted by Gasteiger charge is -1.98. The Kier molecular flexibility index (Phi) is 1.86. The minimum atomic E-state index is -0.993. The molecule has 0 saturated carbocycles. The van der Waals surface area contributed by atoms with Crippen molar-refractivity contribution < 1.29 is 0 Å². The Labute approximate surface area is 44.8 Å². The predicted molar refractivity (Wildman–Crippen MR) is 32.2 cm³/mol. The molecule has 0 amide bonds. The van der Waals surface area contributed by atoms with E-state index < -0.39 is 6.21 Å². The van der Waals surface area contributed by atoms with Gasteiger partial charge >= 0.3 is 0 Å². The fourth-order valence-corrected chi connectivity index (χ4v) is 0. The number of hydrogen-bond acceptors (Lipinski definition) is 0. The highest BCUT2D eigenvalue weighted by Gasteiger charge is 2.03. The molecule has 0 fully saturated rings. The maximum Gasteiger partial charge on any atom is 0.107 e. The van der Waals surface area contributed by atoms with E-state index in [1.165, 1.54) is 0 Å². The number of hydrogen-bond donors (Lipinski definition) is 0. The van der Waals surface area contributed by atoms with Crippen LogP contribution in [0.25, 0.3) is 0 Å². The van der Waals surface area contributed by atoms with E-state index in [1.54, 1.807) is 0 Å². The summed E-state index contributed by atoms with van der Waals surface area (Å²) in [7, 11) is 3.47. The molecule has 0 aliphatic heterocycles. The lowest BCUT2D eigenvalue weighted by atomic mass is 11.9. The molecule has 0 nitrogen and oxygen atoms in total. The van der Waals surface area contributed by atoms with Crippen LogP contribution in [-0.2, 0) is 0 Å². The van der Waals surface area contributed by atoms with Gasteiger partial charge in [-0.05, 0) is 0 Å². The summed E-state index contributed by atoms with van der Waals surface area (Å²) in [6.07, 6.45) is -0.993. The number of halogens is 1. The Morgan fingerprint density at radius 3 is 1.60 bits per heavy atom. The SMILES string of the molecule is C[Si](C)([Si])Br. The molecule has 0 spiro atoms. The van der Waals surface area contributed by atoms with Crippen LogP contribution >= 0.6 is 15.3 Å². The van der Waals surface area contributed by atoms with Crippen molar-refractivity contribution in [3.63, 3.8) is 0 Å². The topological polar surface area (TPSA) is 0 Å². The highest BCUT2D eigenvalue weighted by molar-refractivity contribution is 9.27. The molecule has 5 heavy (non-hydrogen) atoms. The largest absolute Gasteiger partial charge is 0.131 e. The standard InChI is InChI=1S/C2H6BrSi2/c1-5(2,3)4/h1-2H3. The monoisotopic (exact) mass is 165 g/mol.